The van der Waals surface area contributed by atoms with Crippen LogP contribution in [-0.4, -0.2) is 24.6 Å². The summed E-state index contributed by atoms with van der Waals surface area (Å²) in [5.74, 6) is 0. The van der Waals surface area contributed by atoms with Crippen LogP contribution in [0.4, 0.5) is 5.69 Å². The number of nitrogens with one attached hydrogen (secondary N) is 1. The molecule has 1 heterocycles. The van der Waals surface area contributed by atoms with E-state index >= 15 is 0 Å². The van der Waals surface area contributed by atoms with Gasteiger partial charge in [-0.1, -0.05) is 48.3 Å². The van der Waals surface area contributed by atoms with Crippen LogP contribution in [0.1, 0.15) is 32.1 Å². The van der Waals surface area contributed by atoms with Crippen molar-refractivity contribution in [2.45, 2.75) is 38.1 Å². The molecule has 1 aliphatic rings. The summed E-state index contributed by atoms with van der Waals surface area (Å²) < 4.78 is 24.2. The molecule has 0 amide bonds. The smallest absolute Gasteiger partial charge is 0.259 e. The first-order chi connectivity index (χ1) is 11.5. The van der Waals surface area contributed by atoms with Gasteiger partial charge >= 0.3 is 0 Å². The second-order valence-electron chi connectivity index (χ2n) is 5.78. The minimum Gasteiger partial charge on any atom is -0.289 e. The fourth-order valence-corrected chi connectivity index (χ4v) is 4.31. The lowest BCUT2D eigenvalue weighted by Gasteiger charge is -2.16. The molecule has 1 saturated carbocycles. The number of aromatic nitrogens is 2. The lowest BCUT2D eigenvalue weighted by Crippen LogP contribution is -2.18. The van der Waals surface area contributed by atoms with E-state index < -0.39 is 11.3 Å². The van der Waals surface area contributed by atoms with Crippen molar-refractivity contribution in [1.29, 1.82) is 0 Å². The van der Waals surface area contributed by atoms with Crippen LogP contribution in [0.5, 0.6) is 0 Å². The third kappa shape index (κ3) is 4.24. The Bertz CT molecular complexity index is 812. The van der Waals surface area contributed by atoms with Crippen LogP contribution in [-0.2, 0) is 18.3 Å². The summed E-state index contributed by atoms with van der Waals surface area (Å²) >= 11 is 5.39. The molecule has 9 heteroatoms. The van der Waals surface area contributed by atoms with Gasteiger partial charge in [0.05, 0.1) is 16.8 Å². The van der Waals surface area contributed by atoms with Gasteiger partial charge in [-0.25, -0.2) is 8.89 Å². The predicted octanol–water partition coefficient (Wildman–Crippen LogP) is 3.58. The maximum absolute atomic E-state index is 11.0. The Kier molecular flexibility index (Phi) is 5.70. The molecule has 6 nitrogen and oxygen atoms in total. The van der Waals surface area contributed by atoms with Crippen molar-refractivity contribution in [3.05, 3.63) is 28.0 Å². The van der Waals surface area contributed by atoms with Gasteiger partial charge in [0.2, 0.25) is 4.80 Å². The summed E-state index contributed by atoms with van der Waals surface area (Å²) in [4.78, 5) is 5.74. The second-order valence-corrected chi connectivity index (χ2v) is 7.85. The highest BCUT2D eigenvalue weighted by molar-refractivity contribution is 7.80. The molecule has 1 aliphatic carbocycles. The van der Waals surface area contributed by atoms with Crippen molar-refractivity contribution < 1.29 is 8.76 Å². The number of nitrogens with zero attached hydrogens (tertiary/aromatic N) is 3. The van der Waals surface area contributed by atoms with E-state index in [0.717, 1.165) is 28.2 Å². The third-order valence-electron chi connectivity index (χ3n) is 3.98. The van der Waals surface area contributed by atoms with Crippen LogP contribution < -0.4 is 9.52 Å². The molecule has 1 aromatic heterocycles. The van der Waals surface area contributed by atoms with Crippen LogP contribution in [0.2, 0.25) is 5.02 Å². The molecule has 3 rings (SSSR count). The first-order valence-corrected chi connectivity index (χ1v) is 10.1. The normalized spacial score (nSPS) is 17.9. The Morgan fingerprint density at radius 2 is 2.17 bits per heavy atom. The zero-order valence-electron chi connectivity index (χ0n) is 13.2. The molecule has 1 fully saturated rings. The van der Waals surface area contributed by atoms with Crippen LogP contribution in [0, 0.1) is 0 Å². The number of halogens is 1. The molecule has 0 aliphatic heterocycles. The minimum absolute atomic E-state index is 0.384. The molecule has 1 aromatic carbocycles. The van der Waals surface area contributed by atoms with E-state index in [2.05, 4.69) is 9.82 Å². The maximum atomic E-state index is 11.0. The molecule has 0 spiro atoms. The standard InChI is InChI=1S/C15H19ClN4O2S2/c1-20-15(17-11-5-3-2-4-6-11)23-14(18-20)10-7-8-12(16)13(9-10)19-24(21)22/h7-9,11,19H,2-6H2,1H3,(H,21,22). The Labute approximate surface area is 152 Å². The first-order valence-electron chi connectivity index (χ1n) is 7.78. The molecule has 0 saturated heterocycles. The van der Waals surface area contributed by atoms with Crippen LogP contribution in [0.15, 0.2) is 23.2 Å². The molecule has 1 unspecified atom stereocenters. The van der Waals surface area contributed by atoms with Crippen LogP contribution >= 0.6 is 22.9 Å². The Hall–Kier alpha value is -1.22. The molecule has 130 valence electrons. The van der Waals surface area contributed by atoms with Gasteiger partial charge in [-0.3, -0.25) is 14.3 Å². The molecule has 2 aromatic rings. The summed E-state index contributed by atoms with van der Waals surface area (Å²) in [5, 5.41) is 5.71. The topological polar surface area (TPSA) is 79.5 Å². The lowest BCUT2D eigenvalue weighted by atomic mass is 9.96. The summed E-state index contributed by atoms with van der Waals surface area (Å²) in [5.41, 5.74) is 1.23. The molecule has 0 radical (unpaired) electrons. The van der Waals surface area contributed by atoms with Crippen molar-refractivity contribution >= 4 is 39.9 Å². The van der Waals surface area contributed by atoms with Crippen molar-refractivity contribution in [2.75, 3.05) is 4.72 Å². The highest BCUT2D eigenvalue weighted by Gasteiger charge is 2.14. The van der Waals surface area contributed by atoms with E-state index in [0.29, 0.717) is 16.8 Å². The molecule has 1 atom stereocenters. The number of anilines is 1. The van der Waals surface area contributed by atoms with E-state index in [1.54, 1.807) is 16.8 Å². The quantitative estimate of drug-likeness (QED) is 0.788. The van der Waals surface area contributed by atoms with E-state index in [1.807, 2.05) is 13.1 Å². The van der Waals surface area contributed by atoms with Gasteiger partial charge in [-0.15, -0.1) is 0 Å². The van der Waals surface area contributed by atoms with Crippen LogP contribution in [0.25, 0.3) is 10.6 Å². The van der Waals surface area contributed by atoms with Crippen LogP contribution in [0.3, 0.4) is 0 Å². The first kappa shape index (κ1) is 17.6. The van der Waals surface area contributed by atoms with Gasteiger partial charge in [0.15, 0.2) is 0 Å². The SMILES string of the molecule is Cn1nc(-c2ccc(Cl)c(NS(=O)O)c2)sc1=NC1CCCCC1. The number of aryl methyl sites for hydroxylation is 1. The Morgan fingerprint density at radius 1 is 1.42 bits per heavy atom. The third-order valence-corrected chi connectivity index (χ3v) is 5.77. The van der Waals surface area contributed by atoms with Gasteiger partial charge in [-0.05, 0) is 25.0 Å². The summed E-state index contributed by atoms with van der Waals surface area (Å²) in [7, 11) is 1.89. The average molecular weight is 387 g/mol. The largest absolute Gasteiger partial charge is 0.289 e. The van der Waals surface area contributed by atoms with Crippen molar-refractivity contribution in [3.63, 3.8) is 0 Å². The summed E-state index contributed by atoms with van der Waals surface area (Å²) in [6, 6.07) is 5.64. The van der Waals surface area contributed by atoms with E-state index in [9.17, 15) is 4.21 Å². The highest BCUT2D eigenvalue weighted by Crippen LogP contribution is 2.29. The summed E-state index contributed by atoms with van der Waals surface area (Å²) in [6.45, 7) is 0. The number of hydrogen-bond donors (Lipinski definition) is 2. The van der Waals surface area contributed by atoms with Gasteiger partial charge in [0.25, 0.3) is 11.3 Å². The number of rotatable bonds is 4. The van der Waals surface area contributed by atoms with Crippen molar-refractivity contribution in [3.8, 4) is 10.6 Å². The zero-order chi connectivity index (χ0) is 17.1. The highest BCUT2D eigenvalue weighted by atomic mass is 35.5. The Balaban J connectivity index is 1.91. The monoisotopic (exact) mass is 386 g/mol. The molecule has 24 heavy (non-hydrogen) atoms. The Morgan fingerprint density at radius 3 is 2.88 bits per heavy atom. The molecular formula is C15H19ClN4O2S2. The fraction of sp³-hybridized carbons (Fsp3) is 0.467. The van der Waals surface area contributed by atoms with E-state index in [1.165, 1.54) is 30.6 Å². The van der Waals surface area contributed by atoms with Crippen molar-refractivity contribution in [2.24, 2.45) is 12.0 Å². The molecular weight excluding hydrogens is 368 g/mol. The molecule has 0 bridgehead atoms. The zero-order valence-corrected chi connectivity index (χ0v) is 15.6. The van der Waals surface area contributed by atoms with Gasteiger partial charge < -0.3 is 0 Å². The molecule has 2 N–H and O–H groups in total. The van der Waals surface area contributed by atoms with Crippen molar-refractivity contribution in [1.82, 2.24) is 9.78 Å². The predicted molar refractivity (Wildman–Crippen MR) is 98.4 cm³/mol. The number of hydrogen-bond acceptors (Lipinski definition) is 4. The minimum atomic E-state index is -2.17. The van der Waals surface area contributed by atoms with Gasteiger partial charge in [0.1, 0.15) is 5.01 Å². The average Bonchev–Trinajstić information content (AvgIpc) is 2.91. The number of benzene rings is 1. The van der Waals surface area contributed by atoms with Gasteiger partial charge in [0, 0.05) is 12.6 Å². The second kappa shape index (κ2) is 7.77. The maximum Gasteiger partial charge on any atom is 0.259 e. The fourth-order valence-electron chi connectivity index (χ4n) is 2.78. The van der Waals surface area contributed by atoms with E-state index in [4.69, 9.17) is 21.1 Å². The summed E-state index contributed by atoms with van der Waals surface area (Å²) in [6.07, 6.45) is 6.08. The van der Waals surface area contributed by atoms with E-state index in [-0.39, 0.29) is 0 Å². The lowest BCUT2D eigenvalue weighted by molar-refractivity contribution is 0.434. The van der Waals surface area contributed by atoms with Gasteiger partial charge in [-0.2, -0.15) is 5.10 Å².